The maximum absolute atomic E-state index is 14.3. The van der Waals surface area contributed by atoms with Crippen LogP contribution < -0.4 is 10.6 Å². The fourth-order valence-electron chi connectivity index (χ4n) is 4.83. The van der Waals surface area contributed by atoms with Gasteiger partial charge in [-0.2, -0.15) is 11.8 Å². The average molecular weight is 592 g/mol. The first-order valence-electron chi connectivity index (χ1n) is 14.7. The number of aryl methyl sites for hydroxylation is 1. The van der Waals surface area contributed by atoms with Gasteiger partial charge >= 0.3 is 6.09 Å². The van der Waals surface area contributed by atoms with Crippen molar-refractivity contribution in [1.82, 2.24) is 10.2 Å². The van der Waals surface area contributed by atoms with Gasteiger partial charge in [-0.1, -0.05) is 79.9 Å². The zero-order chi connectivity index (χ0) is 30.7. The monoisotopic (exact) mass is 591 g/mol. The molecule has 2 unspecified atom stereocenters. The maximum Gasteiger partial charge on any atom is 0.408 e. The lowest BCUT2D eigenvalue weighted by atomic mass is 9.99. The molecular weight excluding hydrogens is 546 g/mol. The summed E-state index contributed by atoms with van der Waals surface area (Å²) in [5.74, 6) is 0.0562. The number of rotatable bonds is 13. The van der Waals surface area contributed by atoms with E-state index in [1.165, 1.54) is 0 Å². The van der Waals surface area contributed by atoms with Crippen LogP contribution in [0.15, 0.2) is 66.7 Å². The summed E-state index contributed by atoms with van der Waals surface area (Å²) in [7, 11) is 0. The van der Waals surface area contributed by atoms with Crippen molar-refractivity contribution >= 4 is 46.1 Å². The normalized spacial score (nSPS) is 12.8. The summed E-state index contributed by atoms with van der Waals surface area (Å²) in [6.07, 6.45) is 4.33. The van der Waals surface area contributed by atoms with E-state index in [1.54, 1.807) is 37.4 Å². The molecule has 0 fully saturated rings. The number of amides is 3. The Morgan fingerprint density at radius 3 is 2.36 bits per heavy atom. The molecule has 3 amide bonds. The van der Waals surface area contributed by atoms with Crippen molar-refractivity contribution in [3.05, 3.63) is 77.9 Å². The first-order valence-corrected chi connectivity index (χ1v) is 16.1. The summed E-state index contributed by atoms with van der Waals surface area (Å²) in [6.45, 7) is 9.80. The molecule has 0 saturated heterocycles. The van der Waals surface area contributed by atoms with E-state index < -0.39 is 23.8 Å². The lowest BCUT2D eigenvalue weighted by molar-refractivity contribution is -0.141. The number of hydrogen-bond acceptors (Lipinski definition) is 5. The maximum atomic E-state index is 14.3. The van der Waals surface area contributed by atoms with E-state index in [-0.39, 0.29) is 11.8 Å². The third kappa shape index (κ3) is 9.79. The highest BCUT2D eigenvalue weighted by atomic mass is 32.2. The van der Waals surface area contributed by atoms with Crippen LogP contribution in [0.5, 0.6) is 0 Å². The van der Waals surface area contributed by atoms with Crippen LogP contribution in [0.25, 0.3) is 10.8 Å². The Kier molecular flexibility index (Phi) is 12.3. The van der Waals surface area contributed by atoms with Crippen LogP contribution in [0.4, 0.5) is 10.5 Å². The molecule has 226 valence electrons. The predicted octanol–water partition coefficient (Wildman–Crippen LogP) is 7.49. The number of alkyl carbamates (subject to hydrolysis) is 1. The number of nitrogens with zero attached hydrogens (tertiary/aromatic N) is 1. The molecule has 0 aliphatic heterocycles. The summed E-state index contributed by atoms with van der Waals surface area (Å²) in [5, 5.41) is 7.98. The molecule has 7 nitrogen and oxygen atoms in total. The third-order valence-electron chi connectivity index (χ3n) is 6.82. The molecule has 3 rings (SSSR count). The van der Waals surface area contributed by atoms with Crippen LogP contribution in [-0.4, -0.2) is 53.0 Å². The van der Waals surface area contributed by atoms with Gasteiger partial charge in [-0.05, 0) is 81.0 Å². The Hall–Kier alpha value is -3.52. The van der Waals surface area contributed by atoms with Crippen molar-refractivity contribution in [2.45, 2.75) is 78.0 Å². The molecule has 42 heavy (non-hydrogen) atoms. The van der Waals surface area contributed by atoms with Gasteiger partial charge in [0.15, 0.2) is 0 Å². The summed E-state index contributed by atoms with van der Waals surface area (Å²) in [5.41, 5.74) is 1.66. The van der Waals surface area contributed by atoms with Gasteiger partial charge in [0.2, 0.25) is 5.91 Å². The molecule has 2 N–H and O–H groups in total. The van der Waals surface area contributed by atoms with Crippen molar-refractivity contribution in [3.63, 3.8) is 0 Å². The van der Waals surface area contributed by atoms with Crippen molar-refractivity contribution in [1.29, 1.82) is 0 Å². The molecular formula is C34H45N3O4S. The third-order valence-corrected chi connectivity index (χ3v) is 7.46. The van der Waals surface area contributed by atoms with Crippen LogP contribution in [-0.2, 0) is 14.3 Å². The number of fused-ring (bicyclic) bond motifs is 1. The molecule has 0 aliphatic carbocycles. The second-order valence-electron chi connectivity index (χ2n) is 11.6. The summed E-state index contributed by atoms with van der Waals surface area (Å²) in [4.78, 5) is 42.9. The lowest BCUT2D eigenvalue weighted by Crippen LogP contribution is -2.52. The number of anilines is 1. The van der Waals surface area contributed by atoms with Crippen LogP contribution in [0.2, 0.25) is 0 Å². The number of thioether (sulfide) groups is 1. The van der Waals surface area contributed by atoms with Crippen LogP contribution in [0.3, 0.4) is 0 Å². The fourth-order valence-corrected chi connectivity index (χ4v) is 5.30. The van der Waals surface area contributed by atoms with Gasteiger partial charge in [0.05, 0.1) is 0 Å². The van der Waals surface area contributed by atoms with Crippen LogP contribution in [0.1, 0.15) is 70.5 Å². The predicted molar refractivity (Wildman–Crippen MR) is 174 cm³/mol. The summed E-state index contributed by atoms with van der Waals surface area (Å²) < 4.78 is 5.49. The minimum absolute atomic E-state index is 0.300. The van der Waals surface area contributed by atoms with Crippen molar-refractivity contribution in [2.75, 3.05) is 23.9 Å². The van der Waals surface area contributed by atoms with Gasteiger partial charge in [0, 0.05) is 12.2 Å². The van der Waals surface area contributed by atoms with Gasteiger partial charge < -0.3 is 20.3 Å². The van der Waals surface area contributed by atoms with Crippen molar-refractivity contribution < 1.29 is 19.1 Å². The smallest absolute Gasteiger partial charge is 0.408 e. The lowest BCUT2D eigenvalue weighted by Gasteiger charge is -2.34. The van der Waals surface area contributed by atoms with Crippen molar-refractivity contribution in [2.24, 2.45) is 0 Å². The second-order valence-corrected chi connectivity index (χ2v) is 12.6. The first kappa shape index (κ1) is 33.0. The highest BCUT2D eigenvalue weighted by molar-refractivity contribution is 7.98. The molecule has 0 bridgehead atoms. The van der Waals surface area contributed by atoms with E-state index in [9.17, 15) is 14.4 Å². The Labute approximate surface area is 254 Å². The topological polar surface area (TPSA) is 87.7 Å². The van der Waals surface area contributed by atoms with Crippen LogP contribution >= 0.6 is 11.8 Å². The number of hydrogen-bond donors (Lipinski definition) is 2. The minimum Gasteiger partial charge on any atom is -0.444 e. The van der Waals surface area contributed by atoms with Crippen LogP contribution in [0, 0.1) is 6.92 Å². The molecule has 0 aromatic heterocycles. The number of unbranched alkanes of at least 4 members (excludes halogenated alkanes) is 2. The number of carbonyl (C=O) groups is 3. The standard InChI is InChI=1S/C34H45N3O4S/c1-7-8-11-20-37(32(39)29(19-21-42-6)36-33(40)41-34(3,4)5)30(27-16-12-13-24(2)22-27)31(38)35-28-18-17-25-14-9-10-15-26(25)23-28/h9-10,12-18,22-23,29-30H,7-8,11,19-21H2,1-6H3,(H,35,38)(H,36,40). The zero-order valence-corrected chi connectivity index (χ0v) is 26.6. The van der Waals surface area contributed by atoms with Crippen molar-refractivity contribution in [3.8, 4) is 0 Å². The minimum atomic E-state index is -0.891. The number of ether oxygens (including phenoxy) is 1. The fraction of sp³-hybridized carbons (Fsp3) is 0.441. The molecule has 0 aliphatic rings. The zero-order valence-electron chi connectivity index (χ0n) is 25.7. The number of nitrogens with one attached hydrogen (secondary N) is 2. The molecule has 3 aromatic carbocycles. The Balaban J connectivity index is 2.02. The van der Waals surface area contributed by atoms with Gasteiger partial charge in [0.1, 0.15) is 17.7 Å². The van der Waals surface area contributed by atoms with E-state index in [0.717, 1.165) is 41.2 Å². The summed E-state index contributed by atoms with van der Waals surface area (Å²) in [6, 6.07) is 19.7. The SMILES string of the molecule is CCCCCN(C(=O)C(CCSC)NC(=O)OC(C)(C)C)C(C(=O)Nc1ccc2ccccc2c1)c1cccc(C)c1. The highest BCUT2D eigenvalue weighted by Crippen LogP contribution is 2.27. The van der Waals surface area contributed by atoms with E-state index >= 15 is 0 Å². The second kappa shape index (κ2) is 15.6. The van der Waals surface area contributed by atoms with E-state index in [0.29, 0.717) is 24.4 Å². The Bertz CT molecular complexity index is 1350. The quantitative estimate of drug-likeness (QED) is 0.201. The van der Waals surface area contributed by atoms with Gasteiger partial charge in [-0.3, -0.25) is 9.59 Å². The molecule has 0 heterocycles. The van der Waals surface area contributed by atoms with E-state index in [2.05, 4.69) is 17.6 Å². The van der Waals surface area contributed by atoms with Gasteiger partial charge in [-0.15, -0.1) is 0 Å². The van der Waals surface area contributed by atoms with E-state index in [1.807, 2.05) is 79.9 Å². The number of benzene rings is 3. The molecule has 0 spiro atoms. The Morgan fingerprint density at radius 2 is 1.69 bits per heavy atom. The summed E-state index contributed by atoms with van der Waals surface area (Å²) >= 11 is 1.59. The molecule has 3 aromatic rings. The molecule has 0 saturated carbocycles. The molecule has 2 atom stereocenters. The van der Waals surface area contributed by atoms with Gasteiger partial charge in [-0.25, -0.2) is 4.79 Å². The molecule has 0 radical (unpaired) electrons. The van der Waals surface area contributed by atoms with E-state index in [4.69, 9.17) is 4.74 Å². The average Bonchev–Trinajstić information content (AvgIpc) is 2.93. The molecule has 8 heteroatoms. The number of carbonyl (C=O) groups excluding carboxylic acids is 3. The largest absolute Gasteiger partial charge is 0.444 e. The highest BCUT2D eigenvalue weighted by Gasteiger charge is 2.36. The Morgan fingerprint density at radius 1 is 0.952 bits per heavy atom. The first-order chi connectivity index (χ1) is 20.0. The van der Waals surface area contributed by atoms with Gasteiger partial charge in [0.25, 0.3) is 5.91 Å².